The molecule has 10 nitrogen and oxygen atoms in total. The van der Waals surface area contributed by atoms with E-state index < -0.39 is 0 Å². The zero-order valence-electron chi connectivity index (χ0n) is 22.1. The number of pyridine rings is 1. The number of likely N-dealkylation sites (N-methyl/N-ethyl adjacent to an activating group) is 1. The van der Waals surface area contributed by atoms with E-state index in [-0.39, 0.29) is 11.6 Å². The summed E-state index contributed by atoms with van der Waals surface area (Å²) in [6.07, 6.45) is 15.2. The molecular weight excluding hydrogens is 466 g/mol. The monoisotopic (exact) mass is 505 g/mol. The van der Waals surface area contributed by atoms with Crippen molar-refractivity contribution in [2.24, 2.45) is 0 Å². The fourth-order valence-electron chi connectivity index (χ4n) is 5.80. The maximum atomic E-state index is 13.1. The van der Waals surface area contributed by atoms with Gasteiger partial charge in [-0.3, -0.25) is 15.2 Å². The molecule has 7 rings (SSSR count). The van der Waals surface area contributed by atoms with Gasteiger partial charge in [-0.25, -0.2) is 4.79 Å². The Hall–Kier alpha value is -3.14. The molecule has 37 heavy (non-hydrogen) atoms. The SMILES string of the molecule is C1CCC1.CC1CN(C)CCN1c1n[nH]c2cc(-c3[nH]ncc3NC(=O)N3CCCCC34CC4)ncc12. The zero-order valence-corrected chi connectivity index (χ0v) is 22.1. The number of nitrogens with zero attached hydrogens (tertiary/aromatic N) is 6. The van der Waals surface area contributed by atoms with E-state index in [4.69, 9.17) is 4.98 Å². The van der Waals surface area contributed by atoms with Gasteiger partial charge in [0.15, 0.2) is 5.82 Å². The maximum Gasteiger partial charge on any atom is 0.322 e. The second kappa shape index (κ2) is 9.96. The van der Waals surface area contributed by atoms with Crippen LogP contribution in [0.3, 0.4) is 0 Å². The van der Waals surface area contributed by atoms with Crippen molar-refractivity contribution in [1.29, 1.82) is 0 Å². The first-order chi connectivity index (χ1) is 18.0. The highest BCUT2D eigenvalue weighted by Crippen LogP contribution is 2.48. The summed E-state index contributed by atoms with van der Waals surface area (Å²) in [5.74, 6) is 0.947. The number of carbonyl (C=O) groups is 1. The minimum atomic E-state index is -0.0381. The summed E-state index contributed by atoms with van der Waals surface area (Å²) in [6, 6.07) is 2.32. The van der Waals surface area contributed by atoms with E-state index in [0.717, 1.165) is 74.3 Å². The van der Waals surface area contributed by atoms with Gasteiger partial charge in [0, 0.05) is 44.0 Å². The number of nitrogens with one attached hydrogen (secondary N) is 3. The van der Waals surface area contributed by atoms with E-state index in [9.17, 15) is 4.79 Å². The van der Waals surface area contributed by atoms with Crippen LogP contribution >= 0.6 is 0 Å². The van der Waals surface area contributed by atoms with Crippen molar-refractivity contribution in [2.75, 3.05) is 43.4 Å². The van der Waals surface area contributed by atoms with E-state index in [1.807, 2.05) is 17.2 Å². The number of fused-ring (bicyclic) bond motifs is 1. The van der Waals surface area contributed by atoms with Crippen LogP contribution in [0, 0.1) is 0 Å². The molecule has 0 bridgehead atoms. The Kier molecular flexibility index (Phi) is 6.52. The number of carbonyl (C=O) groups excluding carboxylic acids is 1. The molecule has 0 aromatic carbocycles. The van der Waals surface area contributed by atoms with Gasteiger partial charge in [-0.05, 0) is 52.1 Å². The number of piperazine rings is 1. The maximum absolute atomic E-state index is 13.1. The van der Waals surface area contributed by atoms with Gasteiger partial charge in [0.1, 0.15) is 5.69 Å². The minimum Gasteiger partial charge on any atom is -0.349 e. The van der Waals surface area contributed by atoms with Crippen LogP contribution in [0.15, 0.2) is 18.5 Å². The molecule has 198 valence electrons. The molecule has 3 aromatic heterocycles. The molecule has 1 atom stereocenters. The quantitative estimate of drug-likeness (QED) is 0.480. The number of amides is 2. The molecule has 1 spiro atoms. The molecule has 2 saturated heterocycles. The molecule has 2 amide bonds. The zero-order chi connectivity index (χ0) is 25.4. The number of hydrogen-bond acceptors (Lipinski definition) is 6. The van der Waals surface area contributed by atoms with Gasteiger partial charge in [0.2, 0.25) is 0 Å². The molecular formula is C27H39N9O. The average Bonchev–Trinajstić information content (AvgIpc) is 3.25. The Bertz CT molecular complexity index is 1240. The lowest BCUT2D eigenvalue weighted by Gasteiger charge is -2.38. The number of piperidine rings is 1. The van der Waals surface area contributed by atoms with Gasteiger partial charge in [0.25, 0.3) is 0 Å². The fourth-order valence-corrected chi connectivity index (χ4v) is 5.80. The third-order valence-electron chi connectivity index (χ3n) is 8.59. The largest absolute Gasteiger partial charge is 0.349 e. The lowest BCUT2D eigenvalue weighted by molar-refractivity contribution is 0.151. The second-order valence-electron chi connectivity index (χ2n) is 11.3. The molecule has 10 heteroatoms. The summed E-state index contributed by atoms with van der Waals surface area (Å²) in [5.41, 5.74) is 3.09. The lowest BCUT2D eigenvalue weighted by atomic mass is 10.0. The van der Waals surface area contributed by atoms with Gasteiger partial charge < -0.3 is 20.0 Å². The first-order valence-electron chi connectivity index (χ1n) is 14.0. The Morgan fingerprint density at radius 1 is 1.03 bits per heavy atom. The highest BCUT2D eigenvalue weighted by molar-refractivity contribution is 5.96. The van der Waals surface area contributed by atoms with Crippen LogP contribution in [0.1, 0.15) is 64.7 Å². The Morgan fingerprint density at radius 3 is 2.57 bits per heavy atom. The standard InChI is InChI=1S/C23H31N9O.C4H8/c1-15-14-30(2)9-10-31(15)21-16-12-24-18(11-17(16)27-29-21)20-19(13-25-28-20)26-22(33)32-8-4-3-5-23(32)6-7-23;1-2-4-3-1/h11-13,15H,3-10,14H2,1-2H3,(H,25,28)(H,26,33)(H,27,29);1-4H2. The average molecular weight is 506 g/mol. The first kappa shape index (κ1) is 24.2. The summed E-state index contributed by atoms with van der Waals surface area (Å²) in [6.45, 7) is 6.01. The number of aromatic nitrogens is 5. The van der Waals surface area contributed by atoms with E-state index in [2.05, 4.69) is 49.5 Å². The number of H-pyrrole nitrogens is 2. The lowest BCUT2D eigenvalue weighted by Crippen LogP contribution is -2.50. The number of anilines is 2. The van der Waals surface area contributed by atoms with E-state index in [1.165, 1.54) is 32.1 Å². The Labute approximate surface area is 218 Å². The molecule has 5 heterocycles. The fraction of sp³-hybridized carbons (Fsp3) is 0.630. The molecule has 3 N–H and O–H groups in total. The molecule has 4 fully saturated rings. The van der Waals surface area contributed by atoms with E-state index in [1.54, 1.807) is 6.20 Å². The molecule has 4 aliphatic rings. The van der Waals surface area contributed by atoms with Crippen molar-refractivity contribution in [3.63, 3.8) is 0 Å². The van der Waals surface area contributed by atoms with Crippen molar-refractivity contribution in [1.82, 2.24) is 35.2 Å². The third kappa shape index (κ3) is 4.79. The van der Waals surface area contributed by atoms with Gasteiger partial charge in [-0.1, -0.05) is 25.7 Å². The molecule has 3 aromatic rings. The number of likely N-dealkylation sites (tertiary alicyclic amines) is 1. The second-order valence-corrected chi connectivity index (χ2v) is 11.3. The number of urea groups is 1. The van der Waals surface area contributed by atoms with Crippen LogP contribution in [0.5, 0.6) is 0 Å². The van der Waals surface area contributed by atoms with Gasteiger partial charge >= 0.3 is 6.03 Å². The number of aromatic amines is 2. The van der Waals surface area contributed by atoms with E-state index >= 15 is 0 Å². The summed E-state index contributed by atoms with van der Waals surface area (Å²) in [7, 11) is 2.15. The highest BCUT2D eigenvalue weighted by Gasteiger charge is 2.51. The molecule has 2 saturated carbocycles. The summed E-state index contributed by atoms with van der Waals surface area (Å²) < 4.78 is 0. The van der Waals surface area contributed by atoms with Crippen LogP contribution in [0.2, 0.25) is 0 Å². The Balaban J connectivity index is 0.000000577. The number of hydrogen-bond donors (Lipinski definition) is 3. The van der Waals surface area contributed by atoms with Crippen molar-refractivity contribution in [3.05, 3.63) is 18.5 Å². The first-order valence-corrected chi connectivity index (χ1v) is 14.0. The van der Waals surface area contributed by atoms with Crippen LogP contribution in [0.4, 0.5) is 16.3 Å². The van der Waals surface area contributed by atoms with Crippen molar-refractivity contribution < 1.29 is 4.79 Å². The topological polar surface area (TPSA) is 109 Å². The van der Waals surface area contributed by atoms with E-state index in [0.29, 0.717) is 17.4 Å². The van der Waals surface area contributed by atoms with Gasteiger partial charge in [-0.2, -0.15) is 10.2 Å². The van der Waals surface area contributed by atoms with Gasteiger partial charge in [-0.15, -0.1) is 0 Å². The van der Waals surface area contributed by atoms with Gasteiger partial charge in [0.05, 0.1) is 28.5 Å². The minimum absolute atomic E-state index is 0.0381. The predicted octanol–water partition coefficient (Wildman–Crippen LogP) is 4.60. The Morgan fingerprint density at radius 2 is 1.84 bits per heavy atom. The highest BCUT2D eigenvalue weighted by atomic mass is 16.2. The summed E-state index contributed by atoms with van der Waals surface area (Å²) >= 11 is 0. The van der Waals surface area contributed by atoms with Crippen LogP contribution in [-0.4, -0.2) is 86.0 Å². The normalized spacial score (nSPS) is 22.9. The molecule has 0 radical (unpaired) electrons. The molecule has 2 aliphatic carbocycles. The molecule has 1 unspecified atom stereocenters. The smallest absolute Gasteiger partial charge is 0.322 e. The van der Waals surface area contributed by atoms with Crippen LogP contribution in [-0.2, 0) is 0 Å². The van der Waals surface area contributed by atoms with Crippen LogP contribution in [0.25, 0.3) is 22.3 Å². The third-order valence-corrected chi connectivity index (χ3v) is 8.59. The van der Waals surface area contributed by atoms with Crippen molar-refractivity contribution >= 4 is 28.4 Å². The predicted molar refractivity (Wildman–Crippen MR) is 146 cm³/mol. The summed E-state index contributed by atoms with van der Waals surface area (Å²) in [5, 5.41) is 19.1. The van der Waals surface area contributed by atoms with Crippen molar-refractivity contribution in [3.8, 4) is 11.4 Å². The van der Waals surface area contributed by atoms with Crippen LogP contribution < -0.4 is 10.2 Å². The summed E-state index contributed by atoms with van der Waals surface area (Å²) in [4.78, 5) is 24.5. The molecule has 2 aliphatic heterocycles. The number of rotatable bonds is 3. The van der Waals surface area contributed by atoms with Crippen molar-refractivity contribution in [2.45, 2.75) is 76.3 Å².